The summed E-state index contributed by atoms with van der Waals surface area (Å²) in [5, 5.41) is 13.3. The molecule has 1 N–H and O–H groups in total. The van der Waals surface area contributed by atoms with Crippen molar-refractivity contribution >= 4 is 0 Å². The van der Waals surface area contributed by atoms with E-state index in [0.717, 1.165) is 17.7 Å². The van der Waals surface area contributed by atoms with Crippen LogP contribution in [-0.2, 0) is 20.1 Å². The first-order chi connectivity index (χ1) is 8.24. The average molecular weight is 230 g/mol. The standard InChI is InChI=1S/C14H18N2O/c1-3-4-11-5-7-12(8-6-11)14-9-13(10-17)15-16(14)2/h5-9,17H,3-4,10H2,1-2H3. The van der Waals surface area contributed by atoms with E-state index in [2.05, 4.69) is 36.3 Å². The highest BCUT2D eigenvalue weighted by Gasteiger charge is 2.06. The van der Waals surface area contributed by atoms with E-state index in [1.54, 1.807) is 4.68 Å². The molecule has 0 fully saturated rings. The smallest absolute Gasteiger partial charge is 0.0885 e. The van der Waals surface area contributed by atoms with Crippen LogP contribution in [0.15, 0.2) is 30.3 Å². The van der Waals surface area contributed by atoms with Gasteiger partial charge < -0.3 is 5.11 Å². The fourth-order valence-electron chi connectivity index (χ4n) is 2.00. The Morgan fingerprint density at radius 2 is 1.94 bits per heavy atom. The quantitative estimate of drug-likeness (QED) is 0.876. The first-order valence-electron chi connectivity index (χ1n) is 5.97. The van der Waals surface area contributed by atoms with Gasteiger partial charge in [-0.2, -0.15) is 5.10 Å². The van der Waals surface area contributed by atoms with Crippen LogP contribution in [0.4, 0.5) is 0 Å². The van der Waals surface area contributed by atoms with Gasteiger partial charge in [0.1, 0.15) is 0 Å². The van der Waals surface area contributed by atoms with Crippen molar-refractivity contribution in [3.05, 3.63) is 41.6 Å². The molecule has 2 rings (SSSR count). The Bertz CT molecular complexity index is 485. The third-order valence-electron chi connectivity index (χ3n) is 2.88. The second-order valence-corrected chi connectivity index (χ2v) is 4.25. The van der Waals surface area contributed by atoms with E-state index in [-0.39, 0.29) is 6.61 Å². The fourth-order valence-corrected chi connectivity index (χ4v) is 2.00. The van der Waals surface area contributed by atoms with Crippen molar-refractivity contribution in [3.63, 3.8) is 0 Å². The summed E-state index contributed by atoms with van der Waals surface area (Å²) in [6, 6.07) is 10.5. The van der Waals surface area contributed by atoms with Crippen LogP contribution in [0.25, 0.3) is 11.3 Å². The number of nitrogens with zero attached hydrogens (tertiary/aromatic N) is 2. The van der Waals surface area contributed by atoms with Gasteiger partial charge in [-0.05, 0) is 23.6 Å². The number of hydrogen-bond acceptors (Lipinski definition) is 2. The summed E-state index contributed by atoms with van der Waals surface area (Å²) in [5.74, 6) is 0. The number of hydrogen-bond donors (Lipinski definition) is 1. The Morgan fingerprint density at radius 3 is 2.47 bits per heavy atom. The summed E-state index contributed by atoms with van der Waals surface area (Å²) in [6.45, 7) is 2.17. The molecule has 3 heteroatoms. The lowest BCUT2D eigenvalue weighted by atomic mass is 10.1. The first kappa shape index (κ1) is 11.9. The van der Waals surface area contributed by atoms with Crippen LogP contribution in [-0.4, -0.2) is 14.9 Å². The van der Waals surface area contributed by atoms with Gasteiger partial charge in [-0.25, -0.2) is 0 Å². The van der Waals surface area contributed by atoms with Gasteiger partial charge in [0.25, 0.3) is 0 Å². The van der Waals surface area contributed by atoms with Crippen molar-refractivity contribution in [2.75, 3.05) is 0 Å². The third-order valence-corrected chi connectivity index (χ3v) is 2.88. The number of rotatable bonds is 4. The molecule has 0 amide bonds. The van der Waals surface area contributed by atoms with Crippen molar-refractivity contribution in [1.82, 2.24) is 9.78 Å². The minimum absolute atomic E-state index is 0.0121. The van der Waals surface area contributed by atoms with Crippen LogP contribution in [0.2, 0.25) is 0 Å². The van der Waals surface area contributed by atoms with E-state index in [0.29, 0.717) is 5.69 Å². The summed E-state index contributed by atoms with van der Waals surface area (Å²) in [6.07, 6.45) is 2.28. The maximum atomic E-state index is 9.06. The highest BCUT2D eigenvalue weighted by molar-refractivity contribution is 5.60. The lowest BCUT2D eigenvalue weighted by molar-refractivity contribution is 0.275. The largest absolute Gasteiger partial charge is 0.390 e. The molecule has 17 heavy (non-hydrogen) atoms. The Hall–Kier alpha value is -1.61. The number of aromatic nitrogens is 2. The number of benzene rings is 1. The van der Waals surface area contributed by atoms with Crippen LogP contribution in [0.3, 0.4) is 0 Å². The van der Waals surface area contributed by atoms with E-state index in [1.807, 2.05) is 13.1 Å². The lowest BCUT2D eigenvalue weighted by Crippen LogP contribution is -1.94. The minimum Gasteiger partial charge on any atom is -0.390 e. The van der Waals surface area contributed by atoms with Gasteiger partial charge in [-0.15, -0.1) is 0 Å². The molecule has 0 saturated carbocycles. The Labute approximate surface area is 102 Å². The molecule has 0 aliphatic heterocycles. The molecule has 90 valence electrons. The van der Waals surface area contributed by atoms with E-state index >= 15 is 0 Å². The molecular weight excluding hydrogens is 212 g/mol. The molecule has 0 atom stereocenters. The van der Waals surface area contributed by atoms with Gasteiger partial charge in [0.15, 0.2) is 0 Å². The van der Waals surface area contributed by atoms with Gasteiger partial charge in [-0.3, -0.25) is 4.68 Å². The molecule has 0 aliphatic rings. The zero-order chi connectivity index (χ0) is 12.3. The van der Waals surface area contributed by atoms with Gasteiger partial charge >= 0.3 is 0 Å². The summed E-state index contributed by atoms with van der Waals surface area (Å²) in [7, 11) is 1.90. The molecule has 3 nitrogen and oxygen atoms in total. The molecule has 0 unspecified atom stereocenters. The summed E-state index contributed by atoms with van der Waals surface area (Å²) >= 11 is 0. The third kappa shape index (κ3) is 2.56. The zero-order valence-corrected chi connectivity index (χ0v) is 10.3. The van der Waals surface area contributed by atoms with Gasteiger partial charge in [0, 0.05) is 7.05 Å². The monoisotopic (exact) mass is 230 g/mol. The Balaban J connectivity index is 2.29. The number of aryl methyl sites for hydroxylation is 2. The predicted molar refractivity (Wildman–Crippen MR) is 68.6 cm³/mol. The van der Waals surface area contributed by atoms with E-state index in [1.165, 1.54) is 12.0 Å². The SMILES string of the molecule is CCCc1ccc(-c2cc(CO)nn2C)cc1. The highest BCUT2D eigenvalue weighted by Crippen LogP contribution is 2.20. The van der Waals surface area contributed by atoms with Crippen LogP contribution >= 0.6 is 0 Å². The lowest BCUT2D eigenvalue weighted by Gasteiger charge is -2.03. The maximum Gasteiger partial charge on any atom is 0.0885 e. The molecular formula is C14H18N2O. The second kappa shape index (κ2) is 5.15. The number of aliphatic hydroxyl groups is 1. The highest BCUT2D eigenvalue weighted by atomic mass is 16.3. The van der Waals surface area contributed by atoms with Gasteiger partial charge in [0.05, 0.1) is 18.0 Å². The van der Waals surface area contributed by atoms with Crippen LogP contribution in [0, 0.1) is 0 Å². The van der Waals surface area contributed by atoms with E-state index in [4.69, 9.17) is 5.11 Å². The summed E-state index contributed by atoms with van der Waals surface area (Å²) in [4.78, 5) is 0. The summed E-state index contributed by atoms with van der Waals surface area (Å²) < 4.78 is 1.81. The van der Waals surface area contributed by atoms with E-state index in [9.17, 15) is 0 Å². The molecule has 0 aliphatic carbocycles. The van der Waals surface area contributed by atoms with Crippen LogP contribution in [0.1, 0.15) is 24.6 Å². The zero-order valence-electron chi connectivity index (χ0n) is 10.3. The van der Waals surface area contributed by atoms with Gasteiger partial charge in [0.2, 0.25) is 0 Å². The average Bonchev–Trinajstić information content (AvgIpc) is 2.72. The molecule has 2 aromatic rings. The first-order valence-corrected chi connectivity index (χ1v) is 5.97. The molecule has 0 radical (unpaired) electrons. The van der Waals surface area contributed by atoms with Crippen molar-refractivity contribution in [2.45, 2.75) is 26.4 Å². The van der Waals surface area contributed by atoms with E-state index < -0.39 is 0 Å². The molecule has 0 saturated heterocycles. The van der Waals surface area contributed by atoms with Crippen LogP contribution in [0.5, 0.6) is 0 Å². The van der Waals surface area contributed by atoms with Crippen molar-refractivity contribution in [3.8, 4) is 11.3 Å². The second-order valence-electron chi connectivity index (χ2n) is 4.25. The Morgan fingerprint density at radius 1 is 1.24 bits per heavy atom. The van der Waals surface area contributed by atoms with Crippen molar-refractivity contribution < 1.29 is 5.11 Å². The topological polar surface area (TPSA) is 38.1 Å². The van der Waals surface area contributed by atoms with Crippen molar-refractivity contribution in [1.29, 1.82) is 0 Å². The Kier molecular flexibility index (Phi) is 3.59. The van der Waals surface area contributed by atoms with Crippen molar-refractivity contribution in [2.24, 2.45) is 7.05 Å². The summed E-state index contributed by atoms with van der Waals surface area (Å²) in [5.41, 5.74) is 4.25. The van der Waals surface area contributed by atoms with Gasteiger partial charge in [-0.1, -0.05) is 37.6 Å². The normalized spacial score (nSPS) is 10.8. The molecule has 0 bridgehead atoms. The number of aliphatic hydroxyl groups excluding tert-OH is 1. The maximum absolute atomic E-state index is 9.06. The molecule has 1 heterocycles. The molecule has 1 aromatic carbocycles. The molecule has 0 spiro atoms. The molecule has 1 aromatic heterocycles. The minimum atomic E-state index is -0.0121. The van der Waals surface area contributed by atoms with Crippen LogP contribution < -0.4 is 0 Å². The fraction of sp³-hybridized carbons (Fsp3) is 0.357. The predicted octanol–water partition coefficient (Wildman–Crippen LogP) is 2.53.